The van der Waals surface area contributed by atoms with Gasteiger partial charge in [-0.1, -0.05) is 31.6 Å². The van der Waals surface area contributed by atoms with Crippen molar-refractivity contribution in [3.05, 3.63) is 23.3 Å². The van der Waals surface area contributed by atoms with Crippen LogP contribution >= 0.6 is 0 Å². The number of rotatable bonds is 1. The van der Waals surface area contributed by atoms with E-state index in [1.807, 2.05) is 0 Å². The minimum atomic E-state index is 0.0390. The molecular formula is C19H31N. The number of allylic oxidation sites excluding steroid dienone is 3. The SMILES string of the molecule is C=C(C)[C@@H]1CC[C@H](C)C2=C(C1)[C@@H](C)CC2=NC(C)(C)C. The summed E-state index contributed by atoms with van der Waals surface area (Å²) in [6.07, 6.45) is 4.94. The number of nitrogens with zero attached hydrogens (tertiary/aromatic N) is 1. The maximum Gasteiger partial charge on any atom is 0.0527 e. The lowest BCUT2D eigenvalue weighted by molar-refractivity contribution is 0.493. The van der Waals surface area contributed by atoms with Gasteiger partial charge in [-0.3, -0.25) is 4.99 Å². The summed E-state index contributed by atoms with van der Waals surface area (Å²) in [6.45, 7) is 17.8. The van der Waals surface area contributed by atoms with E-state index in [0.717, 1.165) is 6.42 Å². The molecule has 0 unspecified atom stereocenters. The largest absolute Gasteiger partial charge is 0.284 e. The predicted octanol–water partition coefficient (Wildman–Crippen LogP) is 5.57. The van der Waals surface area contributed by atoms with E-state index in [1.165, 1.54) is 30.5 Å². The summed E-state index contributed by atoms with van der Waals surface area (Å²) >= 11 is 0. The van der Waals surface area contributed by atoms with Crippen molar-refractivity contribution in [2.45, 2.75) is 72.8 Å². The highest BCUT2D eigenvalue weighted by Gasteiger charge is 2.35. The molecule has 0 aromatic rings. The van der Waals surface area contributed by atoms with Gasteiger partial charge in [-0.25, -0.2) is 0 Å². The van der Waals surface area contributed by atoms with Gasteiger partial charge >= 0.3 is 0 Å². The molecule has 20 heavy (non-hydrogen) atoms. The molecule has 0 radical (unpaired) electrons. The van der Waals surface area contributed by atoms with Crippen molar-refractivity contribution in [3.63, 3.8) is 0 Å². The first kappa shape index (κ1) is 15.5. The van der Waals surface area contributed by atoms with Gasteiger partial charge in [0, 0.05) is 5.71 Å². The van der Waals surface area contributed by atoms with Gasteiger partial charge in [0.15, 0.2) is 0 Å². The zero-order valence-corrected chi connectivity index (χ0v) is 14.2. The predicted molar refractivity (Wildman–Crippen MR) is 89.3 cm³/mol. The Morgan fingerprint density at radius 3 is 2.30 bits per heavy atom. The Bertz CT molecular complexity index is 459. The van der Waals surface area contributed by atoms with Crippen LogP contribution < -0.4 is 0 Å². The fourth-order valence-corrected chi connectivity index (χ4v) is 3.78. The average molecular weight is 273 g/mol. The lowest BCUT2D eigenvalue weighted by atomic mass is 9.87. The first-order chi connectivity index (χ1) is 9.19. The van der Waals surface area contributed by atoms with E-state index in [9.17, 15) is 0 Å². The van der Waals surface area contributed by atoms with E-state index >= 15 is 0 Å². The Labute approximate surface area is 125 Å². The normalized spacial score (nSPS) is 33.3. The molecule has 0 fully saturated rings. The van der Waals surface area contributed by atoms with Gasteiger partial charge in [-0.2, -0.15) is 0 Å². The molecule has 0 N–H and O–H groups in total. The zero-order valence-electron chi connectivity index (χ0n) is 14.2. The fraction of sp³-hybridized carbons (Fsp3) is 0.737. The van der Waals surface area contributed by atoms with Gasteiger partial charge in [0.05, 0.1) is 5.54 Å². The van der Waals surface area contributed by atoms with E-state index in [0.29, 0.717) is 17.8 Å². The highest BCUT2D eigenvalue weighted by Crippen LogP contribution is 2.44. The Hall–Kier alpha value is -0.850. The van der Waals surface area contributed by atoms with Crippen LogP contribution in [0.3, 0.4) is 0 Å². The van der Waals surface area contributed by atoms with Crippen LogP contribution in [0.15, 0.2) is 28.3 Å². The molecule has 2 rings (SSSR count). The van der Waals surface area contributed by atoms with E-state index in [-0.39, 0.29) is 5.54 Å². The highest BCUT2D eigenvalue weighted by atomic mass is 14.8. The van der Waals surface area contributed by atoms with Gasteiger partial charge in [0.25, 0.3) is 0 Å². The van der Waals surface area contributed by atoms with Gasteiger partial charge in [-0.15, -0.1) is 0 Å². The van der Waals surface area contributed by atoms with Crippen LogP contribution in [0.2, 0.25) is 0 Å². The van der Waals surface area contributed by atoms with Crippen molar-refractivity contribution < 1.29 is 0 Å². The van der Waals surface area contributed by atoms with Crippen molar-refractivity contribution in [3.8, 4) is 0 Å². The molecule has 2 aliphatic carbocycles. The highest BCUT2D eigenvalue weighted by molar-refractivity contribution is 6.04. The van der Waals surface area contributed by atoms with Gasteiger partial charge in [0.1, 0.15) is 0 Å². The Morgan fingerprint density at radius 2 is 1.75 bits per heavy atom. The second-order valence-electron chi connectivity index (χ2n) is 8.00. The molecule has 0 heterocycles. The van der Waals surface area contributed by atoms with E-state index in [2.05, 4.69) is 48.1 Å². The third-order valence-electron chi connectivity index (χ3n) is 4.83. The molecule has 1 heteroatoms. The lowest BCUT2D eigenvalue weighted by Gasteiger charge is -2.19. The Kier molecular flexibility index (Phi) is 4.27. The van der Waals surface area contributed by atoms with Crippen LogP contribution in [0.1, 0.15) is 67.2 Å². The number of hydrogen-bond donors (Lipinski definition) is 0. The first-order valence-electron chi connectivity index (χ1n) is 8.16. The fourth-order valence-electron chi connectivity index (χ4n) is 3.78. The van der Waals surface area contributed by atoms with E-state index < -0.39 is 0 Å². The number of aliphatic imine (C=N–C) groups is 1. The molecule has 0 aromatic carbocycles. The quantitative estimate of drug-likeness (QED) is 0.553. The topological polar surface area (TPSA) is 12.4 Å². The molecule has 2 aliphatic rings. The summed E-state index contributed by atoms with van der Waals surface area (Å²) in [6, 6.07) is 0. The first-order valence-corrected chi connectivity index (χ1v) is 8.16. The molecule has 0 aliphatic heterocycles. The molecule has 0 spiro atoms. The third kappa shape index (κ3) is 3.24. The van der Waals surface area contributed by atoms with Crippen molar-refractivity contribution in [1.82, 2.24) is 0 Å². The van der Waals surface area contributed by atoms with Crippen LogP contribution in [0, 0.1) is 17.8 Å². The molecule has 0 saturated heterocycles. The molecule has 112 valence electrons. The van der Waals surface area contributed by atoms with Gasteiger partial charge in [0.2, 0.25) is 0 Å². The number of hydrogen-bond acceptors (Lipinski definition) is 1. The summed E-state index contributed by atoms with van der Waals surface area (Å²) in [7, 11) is 0. The van der Waals surface area contributed by atoms with Crippen LogP contribution in [0.5, 0.6) is 0 Å². The van der Waals surface area contributed by atoms with Crippen molar-refractivity contribution in [1.29, 1.82) is 0 Å². The summed E-state index contributed by atoms with van der Waals surface area (Å²) in [5, 5.41) is 0. The monoisotopic (exact) mass is 273 g/mol. The summed E-state index contributed by atoms with van der Waals surface area (Å²) < 4.78 is 0. The zero-order chi connectivity index (χ0) is 15.1. The minimum absolute atomic E-state index is 0.0390. The summed E-state index contributed by atoms with van der Waals surface area (Å²) in [5.41, 5.74) is 6.09. The van der Waals surface area contributed by atoms with Crippen molar-refractivity contribution in [2.75, 3.05) is 0 Å². The smallest absolute Gasteiger partial charge is 0.0527 e. The third-order valence-corrected chi connectivity index (χ3v) is 4.83. The standard InChI is InChI=1S/C19H31N/c1-12(2)15-9-8-13(3)18-16(11-15)14(4)10-17(18)20-19(5,6)7/h13-15H,1,8-11H2,2-7H3/t13-,14-,15+/m0/s1. The van der Waals surface area contributed by atoms with E-state index in [1.54, 1.807) is 11.1 Å². The molecule has 0 amide bonds. The second-order valence-corrected chi connectivity index (χ2v) is 8.00. The van der Waals surface area contributed by atoms with Gasteiger partial charge < -0.3 is 0 Å². The van der Waals surface area contributed by atoms with Crippen LogP contribution in [0.25, 0.3) is 0 Å². The van der Waals surface area contributed by atoms with Crippen molar-refractivity contribution >= 4 is 5.71 Å². The second kappa shape index (κ2) is 5.50. The maximum absolute atomic E-state index is 5.04. The van der Waals surface area contributed by atoms with E-state index in [4.69, 9.17) is 4.99 Å². The lowest BCUT2D eigenvalue weighted by Crippen LogP contribution is -2.16. The Morgan fingerprint density at radius 1 is 1.10 bits per heavy atom. The van der Waals surface area contributed by atoms with Gasteiger partial charge in [-0.05, 0) is 76.7 Å². The summed E-state index contributed by atoms with van der Waals surface area (Å²) in [5.74, 6) is 2.02. The molecule has 1 nitrogen and oxygen atoms in total. The minimum Gasteiger partial charge on any atom is -0.284 e. The molecule has 0 bridgehead atoms. The summed E-state index contributed by atoms with van der Waals surface area (Å²) in [4.78, 5) is 5.04. The molecule has 0 aromatic heterocycles. The molecular weight excluding hydrogens is 242 g/mol. The van der Waals surface area contributed by atoms with Crippen LogP contribution in [0.4, 0.5) is 0 Å². The maximum atomic E-state index is 5.04. The van der Waals surface area contributed by atoms with Crippen LogP contribution in [-0.4, -0.2) is 11.3 Å². The average Bonchev–Trinajstić information content (AvgIpc) is 2.48. The van der Waals surface area contributed by atoms with Crippen molar-refractivity contribution in [2.24, 2.45) is 22.7 Å². The molecule has 3 atom stereocenters. The van der Waals surface area contributed by atoms with Crippen LogP contribution in [-0.2, 0) is 0 Å². The molecule has 0 saturated carbocycles. The Balaban J connectivity index is 2.40.